The first-order chi connectivity index (χ1) is 15.0. The van der Waals surface area contributed by atoms with E-state index in [4.69, 9.17) is 9.47 Å². The number of amides is 1. The lowest BCUT2D eigenvalue weighted by molar-refractivity contribution is -0.137. The fourth-order valence-corrected chi connectivity index (χ4v) is 7.37. The highest BCUT2D eigenvalue weighted by Gasteiger charge is 2.38. The normalized spacial score (nSPS) is 22.6. The minimum Gasteiger partial charge on any atom is -0.486 e. The molecule has 0 spiro atoms. The number of rotatable bonds is 4. The smallest absolute Gasteiger partial charge is 0.252 e. The molecule has 0 bridgehead atoms. The zero-order valence-corrected chi connectivity index (χ0v) is 18.9. The van der Waals surface area contributed by atoms with E-state index in [9.17, 15) is 13.2 Å². The molecule has 0 N–H and O–H groups in total. The SMILES string of the molecule is O=C(C1CCN(S(=O)(=O)c2cccs2)CC1)N1CCCC1c1ccc2c(c1)OCCO2. The Bertz CT molecular complexity index is 1050. The number of benzene rings is 1. The second kappa shape index (κ2) is 8.44. The van der Waals surface area contributed by atoms with Gasteiger partial charge in [-0.25, -0.2) is 8.42 Å². The maximum absolute atomic E-state index is 13.4. The Morgan fingerprint density at radius 1 is 1.00 bits per heavy atom. The molecule has 3 aliphatic rings. The molecule has 0 saturated carbocycles. The van der Waals surface area contributed by atoms with Crippen LogP contribution in [0.2, 0.25) is 0 Å². The third-order valence-corrected chi connectivity index (χ3v) is 9.65. The summed E-state index contributed by atoms with van der Waals surface area (Å²) in [5, 5.41) is 1.77. The number of ether oxygens (including phenoxy) is 2. The topological polar surface area (TPSA) is 76.2 Å². The van der Waals surface area contributed by atoms with E-state index in [2.05, 4.69) is 0 Å². The van der Waals surface area contributed by atoms with Gasteiger partial charge in [0.25, 0.3) is 10.0 Å². The summed E-state index contributed by atoms with van der Waals surface area (Å²) in [4.78, 5) is 15.3. The summed E-state index contributed by atoms with van der Waals surface area (Å²) in [6, 6.07) is 9.38. The monoisotopic (exact) mass is 462 g/mol. The van der Waals surface area contributed by atoms with Crippen LogP contribution in [0.1, 0.15) is 37.3 Å². The number of hydrogen-bond acceptors (Lipinski definition) is 6. The van der Waals surface area contributed by atoms with Gasteiger partial charge in [0.15, 0.2) is 11.5 Å². The number of likely N-dealkylation sites (tertiary alicyclic amines) is 1. The van der Waals surface area contributed by atoms with Crippen molar-refractivity contribution in [2.24, 2.45) is 5.92 Å². The number of hydrogen-bond donors (Lipinski definition) is 0. The van der Waals surface area contributed by atoms with Crippen molar-refractivity contribution in [3.8, 4) is 11.5 Å². The summed E-state index contributed by atoms with van der Waals surface area (Å²) in [5.41, 5.74) is 1.08. The van der Waals surface area contributed by atoms with Gasteiger partial charge in [-0.1, -0.05) is 12.1 Å². The van der Waals surface area contributed by atoms with Crippen molar-refractivity contribution in [2.75, 3.05) is 32.8 Å². The Balaban J connectivity index is 1.26. The highest BCUT2D eigenvalue weighted by Crippen LogP contribution is 2.39. The van der Waals surface area contributed by atoms with Gasteiger partial charge in [-0.15, -0.1) is 11.3 Å². The van der Waals surface area contributed by atoms with Gasteiger partial charge in [0.1, 0.15) is 17.4 Å². The number of fused-ring (bicyclic) bond motifs is 1. The van der Waals surface area contributed by atoms with Crippen LogP contribution in [0.15, 0.2) is 39.9 Å². The van der Waals surface area contributed by atoms with Gasteiger partial charge in [-0.2, -0.15) is 4.31 Å². The van der Waals surface area contributed by atoms with Crippen molar-refractivity contribution in [3.63, 3.8) is 0 Å². The predicted molar refractivity (Wildman–Crippen MR) is 117 cm³/mol. The Hall–Kier alpha value is -2.10. The number of carbonyl (C=O) groups excluding carboxylic acids is 1. The van der Waals surface area contributed by atoms with Crippen LogP contribution in [0.4, 0.5) is 0 Å². The molecule has 2 fully saturated rings. The standard InChI is InChI=1S/C22H26N2O5S2/c25-22(16-7-10-23(11-8-16)31(26,27)21-4-2-14-30-21)24-9-1-3-18(24)17-5-6-19-20(15-17)29-13-12-28-19/h2,4-6,14-16,18H,1,3,7-13H2. The molecule has 1 aromatic carbocycles. The van der Waals surface area contributed by atoms with Crippen LogP contribution >= 0.6 is 11.3 Å². The molecule has 0 aliphatic carbocycles. The summed E-state index contributed by atoms with van der Waals surface area (Å²) in [6.45, 7) is 2.61. The van der Waals surface area contributed by atoms with E-state index in [-0.39, 0.29) is 17.9 Å². The van der Waals surface area contributed by atoms with Crippen LogP contribution in [0.25, 0.3) is 0 Å². The van der Waals surface area contributed by atoms with Crippen molar-refractivity contribution in [1.29, 1.82) is 0 Å². The minimum absolute atomic E-state index is 0.0382. The summed E-state index contributed by atoms with van der Waals surface area (Å²) in [6.07, 6.45) is 3.02. The van der Waals surface area contributed by atoms with Gasteiger partial charge >= 0.3 is 0 Å². The predicted octanol–water partition coefficient (Wildman–Crippen LogP) is 3.28. The molecule has 2 saturated heterocycles. The van der Waals surface area contributed by atoms with Crippen molar-refractivity contribution in [1.82, 2.24) is 9.21 Å². The highest BCUT2D eigenvalue weighted by molar-refractivity contribution is 7.91. The molecule has 7 nitrogen and oxygen atoms in total. The molecule has 31 heavy (non-hydrogen) atoms. The van der Waals surface area contributed by atoms with Gasteiger partial charge in [-0.05, 0) is 54.8 Å². The van der Waals surface area contributed by atoms with Crippen molar-refractivity contribution < 1.29 is 22.7 Å². The first kappa shape index (κ1) is 20.8. The molecule has 3 aliphatic heterocycles. The molecular formula is C22H26N2O5S2. The van der Waals surface area contributed by atoms with Crippen LogP contribution < -0.4 is 9.47 Å². The van der Waals surface area contributed by atoms with Crippen LogP contribution in [-0.4, -0.2) is 56.4 Å². The molecule has 4 heterocycles. The summed E-state index contributed by atoms with van der Waals surface area (Å²) < 4.78 is 38.7. The summed E-state index contributed by atoms with van der Waals surface area (Å²) >= 11 is 1.23. The molecule has 5 rings (SSSR count). The van der Waals surface area contributed by atoms with Crippen molar-refractivity contribution >= 4 is 27.3 Å². The number of carbonyl (C=O) groups is 1. The second-order valence-electron chi connectivity index (χ2n) is 8.20. The maximum atomic E-state index is 13.4. The largest absolute Gasteiger partial charge is 0.486 e. The first-order valence-corrected chi connectivity index (χ1v) is 13.1. The lowest BCUT2D eigenvalue weighted by Gasteiger charge is -2.34. The first-order valence-electron chi connectivity index (χ1n) is 10.8. The van der Waals surface area contributed by atoms with E-state index in [1.807, 2.05) is 23.1 Å². The van der Waals surface area contributed by atoms with Crippen LogP contribution in [0, 0.1) is 5.92 Å². The molecule has 1 atom stereocenters. The quantitative estimate of drug-likeness (QED) is 0.697. The van der Waals surface area contributed by atoms with E-state index in [0.717, 1.165) is 36.4 Å². The molecule has 1 unspecified atom stereocenters. The zero-order chi connectivity index (χ0) is 21.4. The van der Waals surface area contributed by atoms with Gasteiger partial charge in [0, 0.05) is 25.6 Å². The Morgan fingerprint density at radius 2 is 1.77 bits per heavy atom. The summed E-state index contributed by atoms with van der Waals surface area (Å²) in [7, 11) is -3.45. The van der Waals surface area contributed by atoms with E-state index in [1.165, 1.54) is 15.6 Å². The van der Waals surface area contributed by atoms with Crippen molar-refractivity contribution in [3.05, 3.63) is 41.3 Å². The van der Waals surface area contributed by atoms with E-state index in [1.54, 1.807) is 17.5 Å². The van der Waals surface area contributed by atoms with Crippen LogP contribution in [-0.2, 0) is 14.8 Å². The van der Waals surface area contributed by atoms with E-state index < -0.39 is 10.0 Å². The molecule has 0 radical (unpaired) electrons. The molecule has 1 amide bonds. The highest BCUT2D eigenvalue weighted by atomic mass is 32.2. The van der Waals surface area contributed by atoms with E-state index >= 15 is 0 Å². The van der Waals surface area contributed by atoms with Crippen LogP contribution in [0.3, 0.4) is 0 Å². The van der Waals surface area contributed by atoms with Gasteiger partial charge in [0.2, 0.25) is 5.91 Å². The Labute approximate surface area is 186 Å². The number of sulfonamides is 1. The molecule has 9 heteroatoms. The minimum atomic E-state index is -3.45. The third kappa shape index (κ3) is 3.94. The average molecular weight is 463 g/mol. The fourth-order valence-electron chi connectivity index (χ4n) is 4.76. The van der Waals surface area contributed by atoms with Gasteiger partial charge in [0.05, 0.1) is 6.04 Å². The third-order valence-electron chi connectivity index (χ3n) is 6.38. The maximum Gasteiger partial charge on any atom is 0.252 e. The molecule has 166 valence electrons. The zero-order valence-electron chi connectivity index (χ0n) is 17.2. The molecular weight excluding hydrogens is 436 g/mol. The number of nitrogens with zero attached hydrogens (tertiary/aromatic N) is 2. The molecule has 2 aromatic rings. The number of thiophene rings is 1. The summed E-state index contributed by atoms with van der Waals surface area (Å²) in [5.74, 6) is 1.51. The van der Waals surface area contributed by atoms with Crippen molar-refractivity contribution in [2.45, 2.75) is 35.9 Å². The number of piperidine rings is 1. The average Bonchev–Trinajstić information content (AvgIpc) is 3.51. The van der Waals surface area contributed by atoms with Gasteiger partial charge in [-0.3, -0.25) is 4.79 Å². The lowest BCUT2D eigenvalue weighted by Crippen LogP contribution is -2.44. The van der Waals surface area contributed by atoms with Crippen LogP contribution in [0.5, 0.6) is 11.5 Å². The van der Waals surface area contributed by atoms with Gasteiger partial charge < -0.3 is 14.4 Å². The molecule has 1 aromatic heterocycles. The Morgan fingerprint density at radius 3 is 2.52 bits per heavy atom. The fraction of sp³-hybridized carbons (Fsp3) is 0.500. The lowest BCUT2D eigenvalue weighted by atomic mass is 9.95. The van der Waals surface area contributed by atoms with E-state index in [0.29, 0.717) is 43.4 Å². The Kier molecular flexibility index (Phi) is 5.66. The second-order valence-corrected chi connectivity index (χ2v) is 11.3.